The first-order chi connectivity index (χ1) is 11.5. The zero-order valence-electron chi connectivity index (χ0n) is 16.1. The number of unbranched alkanes of at least 4 members (excludes halogenated alkanes) is 2. The van der Waals surface area contributed by atoms with Gasteiger partial charge in [0.1, 0.15) is 0 Å². The fourth-order valence-corrected chi connectivity index (χ4v) is 5.84. The molecule has 0 amide bonds. The summed E-state index contributed by atoms with van der Waals surface area (Å²) in [4.78, 5) is 11.9. The predicted octanol–water partition coefficient (Wildman–Crippen LogP) is 4.83. The standard InChI is InChI=1S/C17H36O5SSi/c1-6-10-11-13-16(5)17(18)22-23-14-12-15-24(19-7-2,20-8-3)21-9-4/h16H,6-15H2,1-5H3. The Labute approximate surface area is 153 Å². The highest BCUT2D eigenvalue weighted by Gasteiger charge is 2.39. The number of hydrogen-bond acceptors (Lipinski definition) is 6. The molecule has 0 N–H and O–H groups in total. The lowest BCUT2D eigenvalue weighted by atomic mass is 10.0. The Morgan fingerprint density at radius 3 is 2.04 bits per heavy atom. The van der Waals surface area contributed by atoms with Gasteiger partial charge in [0.15, 0.2) is 0 Å². The normalized spacial score (nSPS) is 13.0. The van der Waals surface area contributed by atoms with Crippen molar-refractivity contribution in [2.45, 2.75) is 72.8 Å². The average molecular weight is 381 g/mol. The molecule has 0 bridgehead atoms. The Hall–Kier alpha value is -0.0831. The summed E-state index contributed by atoms with van der Waals surface area (Å²) in [5, 5.41) is 0. The third kappa shape index (κ3) is 10.7. The monoisotopic (exact) mass is 380 g/mol. The van der Waals surface area contributed by atoms with Crippen LogP contribution < -0.4 is 0 Å². The molecule has 5 nitrogen and oxygen atoms in total. The molecule has 0 heterocycles. The van der Waals surface area contributed by atoms with Crippen LogP contribution in [0.5, 0.6) is 0 Å². The highest BCUT2D eigenvalue weighted by molar-refractivity contribution is 7.95. The minimum Gasteiger partial charge on any atom is -0.391 e. The van der Waals surface area contributed by atoms with Crippen molar-refractivity contribution in [2.75, 3.05) is 25.6 Å². The molecule has 24 heavy (non-hydrogen) atoms. The second-order valence-electron chi connectivity index (χ2n) is 5.71. The first kappa shape index (κ1) is 23.9. The molecule has 0 aliphatic heterocycles. The lowest BCUT2D eigenvalue weighted by Crippen LogP contribution is -2.46. The van der Waals surface area contributed by atoms with E-state index >= 15 is 0 Å². The smallest absolute Gasteiger partial charge is 0.391 e. The Bertz CT molecular complexity index is 300. The van der Waals surface area contributed by atoms with Crippen molar-refractivity contribution in [1.82, 2.24) is 0 Å². The molecule has 0 rings (SSSR count). The minimum atomic E-state index is -2.57. The average Bonchev–Trinajstić information content (AvgIpc) is 2.55. The number of carbonyl (C=O) groups is 1. The third-order valence-corrected chi connectivity index (χ3v) is 7.48. The van der Waals surface area contributed by atoms with E-state index in [4.69, 9.17) is 17.5 Å². The van der Waals surface area contributed by atoms with E-state index in [1.165, 1.54) is 24.9 Å². The zero-order chi connectivity index (χ0) is 18.3. The third-order valence-electron chi connectivity index (χ3n) is 3.59. The van der Waals surface area contributed by atoms with Crippen LogP contribution in [0.15, 0.2) is 0 Å². The summed E-state index contributed by atoms with van der Waals surface area (Å²) < 4.78 is 22.7. The molecule has 0 saturated heterocycles. The van der Waals surface area contributed by atoms with E-state index in [1.807, 2.05) is 27.7 Å². The van der Waals surface area contributed by atoms with E-state index in [2.05, 4.69) is 6.92 Å². The van der Waals surface area contributed by atoms with Crippen LogP contribution in [0.2, 0.25) is 6.04 Å². The lowest BCUT2D eigenvalue weighted by molar-refractivity contribution is -0.137. The summed E-state index contributed by atoms with van der Waals surface area (Å²) in [7, 11) is -2.57. The largest absolute Gasteiger partial charge is 0.500 e. The molecule has 0 radical (unpaired) electrons. The highest BCUT2D eigenvalue weighted by Crippen LogP contribution is 2.21. The Balaban J connectivity index is 4.04. The molecule has 0 saturated carbocycles. The topological polar surface area (TPSA) is 54.0 Å². The van der Waals surface area contributed by atoms with Crippen molar-refractivity contribution in [1.29, 1.82) is 0 Å². The van der Waals surface area contributed by atoms with Crippen LogP contribution in [0, 0.1) is 5.92 Å². The Morgan fingerprint density at radius 1 is 0.958 bits per heavy atom. The molecule has 0 aliphatic carbocycles. The predicted molar refractivity (Wildman–Crippen MR) is 102 cm³/mol. The van der Waals surface area contributed by atoms with Crippen molar-refractivity contribution in [3.05, 3.63) is 0 Å². The van der Waals surface area contributed by atoms with E-state index in [0.717, 1.165) is 31.1 Å². The van der Waals surface area contributed by atoms with E-state index in [9.17, 15) is 4.79 Å². The van der Waals surface area contributed by atoms with E-state index in [-0.39, 0.29) is 11.9 Å². The quantitative estimate of drug-likeness (QED) is 0.217. The van der Waals surface area contributed by atoms with Gasteiger partial charge in [0.2, 0.25) is 0 Å². The van der Waals surface area contributed by atoms with E-state index in [1.54, 1.807) is 0 Å². The molecule has 0 spiro atoms. The van der Waals surface area contributed by atoms with Crippen LogP contribution >= 0.6 is 12.0 Å². The molecule has 0 fully saturated rings. The van der Waals surface area contributed by atoms with Gasteiger partial charge in [-0.05, 0) is 33.6 Å². The first-order valence-corrected chi connectivity index (χ1v) is 12.1. The number of hydrogen-bond donors (Lipinski definition) is 0. The molecule has 144 valence electrons. The molecule has 7 heteroatoms. The molecule has 0 aromatic rings. The maximum absolute atomic E-state index is 11.9. The van der Waals surface area contributed by atoms with Gasteiger partial charge in [-0.25, -0.2) is 0 Å². The Kier molecular flexibility index (Phi) is 15.1. The van der Waals surface area contributed by atoms with Gasteiger partial charge in [0, 0.05) is 31.6 Å². The van der Waals surface area contributed by atoms with E-state index in [0.29, 0.717) is 19.8 Å². The molecule has 0 aliphatic rings. The molecular weight excluding hydrogens is 344 g/mol. The van der Waals surface area contributed by atoms with Gasteiger partial charge in [-0.15, -0.1) is 0 Å². The SMILES string of the molecule is CCCCCC(C)C(=O)OSCCC[Si](OCC)(OCC)OCC. The van der Waals surface area contributed by atoms with Crippen LogP contribution in [0.4, 0.5) is 0 Å². The summed E-state index contributed by atoms with van der Waals surface area (Å²) in [6.07, 6.45) is 5.17. The van der Waals surface area contributed by atoms with Crippen molar-refractivity contribution in [3.8, 4) is 0 Å². The first-order valence-electron chi connectivity index (χ1n) is 9.30. The lowest BCUT2D eigenvalue weighted by Gasteiger charge is -2.28. The molecule has 0 aromatic heterocycles. The van der Waals surface area contributed by atoms with Crippen LogP contribution in [-0.2, 0) is 22.3 Å². The minimum absolute atomic E-state index is 0.0206. The Morgan fingerprint density at radius 2 is 1.54 bits per heavy atom. The summed E-state index contributed by atoms with van der Waals surface area (Å²) in [5.41, 5.74) is 0. The fourth-order valence-electron chi connectivity index (χ4n) is 2.35. The molecule has 1 unspecified atom stereocenters. The van der Waals surface area contributed by atoms with Crippen molar-refractivity contribution >= 4 is 26.8 Å². The molecule has 0 aromatic carbocycles. The summed E-state index contributed by atoms with van der Waals surface area (Å²) in [6, 6.07) is 0.749. The summed E-state index contributed by atoms with van der Waals surface area (Å²) in [5.74, 6) is 0.599. The summed E-state index contributed by atoms with van der Waals surface area (Å²) in [6.45, 7) is 11.7. The second-order valence-corrected chi connectivity index (χ2v) is 9.25. The van der Waals surface area contributed by atoms with Crippen molar-refractivity contribution < 1.29 is 22.3 Å². The highest BCUT2D eigenvalue weighted by atomic mass is 32.2. The van der Waals surface area contributed by atoms with Crippen LogP contribution in [0.1, 0.15) is 66.7 Å². The number of rotatable bonds is 16. The van der Waals surface area contributed by atoms with Gasteiger partial charge in [-0.2, -0.15) is 0 Å². The maximum Gasteiger partial charge on any atom is 0.500 e. The number of carbonyl (C=O) groups excluding carboxylic acids is 1. The van der Waals surface area contributed by atoms with Gasteiger partial charge in [0.25, 0.3) is 0 Å². The van der Waals surface area contributed by atoms with Crippen LogP contribution in [0.3, 0.4) is 0 Å². The van der Waals surface area contributed by atoms with Crippen molar-refractivity contribution in [2.24, 2.45) is 5.92 Å². The van der Waals surface area contributed by atoms with Crippen molar-refractivity contribution in [3.63, 3.8) is 0 Å². The summed E-state index contributed by atoms with van der Waals surface area (Å²) >= 11 is 1.23. The van der Waals surface area contributed by atoms with Gasteiger partial charge < -0.3 is 17.5 Å². The van der Waals surface area contributed by atoms with E-state index < -0.39 is 8.80 Å². The second kappa shape index (κ2) is 15.2. The van der Waals surface area contributed by atoms with Gasteiger partial charge >= 0.3 is 14.8 Å². The molecular formula is C17H36O5SSi. The zero-order valence-corrected chi connectivity index (χ0v) is 17.9. The van der Waals surface area contributed by atoms with Crippen LogP contribution in [0.25, 0.3) is 0 Å². The van der Waals surface area contributed by atoms with Gasteiger partial charge in [-0.3, -0.25) is 4.79 Å². The van der Waals surface area contributed by atoms with Gasteiger partial charge in [0.05, 0.1) is 18.0 Å². The van der Waals surface area contributed by atoms with Gasteiger partial charge in [-0.1, -0.05) is 33.1 Å². The van der Waals surface area contributed by atoms with Crippen LogP contribution in [-0.4, -0.2) is 40.3 Å². The maximum atomic E-state index is 11.9. The molecule has 1 atom stereocenters. The fraction of sp³-hybridized carbons (Fsp3) is 0.941.